The summed E-state index contributed by atoms with van der Waals surface area (Å²) in [4.78, 5) is 14.8. The molecule has 5 nitrogen and oxygen atoms in total. The van der Waals surface area contributed by atoms with Crippen LogP contribution in [0.1, 0.15) is 24.5 Å². The average molecular weight is 355 g/mol. The fraction of sp³-hybridized carbons (Fsp3) is 0.381. The highest BCUT2D eigenvalue weighted by atomic mass is 16.5. The summed E-state index contributed by atoms with van der Waals surface area (Å²) >= 11 is 0. The van der Waals surface area contributed by atoms with E-state index in [-0.39, 0.29) is 5.91 Å². The number of nitrogens with zero attached hydrogens (tertiary/aromatic N) is 1. The van der Waals surface area contributed by atoms with Gasteiger partial charge >= 0.3 is 0 Å². The van der Waals surface area contributed by atoms with Crippen LogP contribution in [0.4, 0.5) is 5.69 Å². The lowest BCUT2D eigenvalue weighted by Crippen LogP contribution is -2.36. The summed E-state index contributed by atoms with van der Waals surface area (Å²) < 4.78 is 16.3. The van der Waals surface area contributed by atoms with Gasteiger partial charge < -0.3 is 19.1 Å². The Labute approximate surface area is 154 Å². The van der Waals surface area contributed by atoms with E-state index < -0.39 is 0 Å². The number of fused-ring (bicyclic) bond motifs is 1. The van der Waals surface area contributed by atoms with Crippen LogP contribution in [0, 0.1) is 0 Å². The highest BCUT2D eigenvalue weighted by Gasteiger charge is 2.26. The number of anilines is 1. The van der Waals surface area contributed by atoms with E-state index >= 15 is 0 Å². The predicted octanol–water partition coefficient (Wildman–Crippen LogP) is 3.62. The van der Waals surface area contributed by atoms with Crippen molar-refractivity contribution in [1.82, 2.24) is 0 Å². The van der Waals surface area contributed by atoms with Gasteiger partial charge in [0.15, 0.2) is 0 Å². The fourth-order valence-electron chi connectivity index (χ4n) is 3.33. The van der Waals surface area contributed by atoms with Crippen molar-refractivity contribution in [3.63, 3.8) is 0 Å². The van der Waals surface area contributed by atoms with Gasteiger partial charge in [-0.15, -0.1) is 0 Å². The smallest absolute Gasteiger partial charge is 0.231 e. The van der Waals surface area contributed by atoms with E-state index in [1.807, 2.05) is 48.2 Å². The van der Waals surface area contributed by atoms with Crippen molar-refractivity contribution in [2.75, 3.05) is 32.3 Å². The molecule has 0 aromatic heterocycles. The molecule has 138 valence electrons. The minimum atomic E-state index is 0.0745. The first kappa shape index (κ1) is 18.1. The molecule has 0 saturated carbocycles. The molecule has 0 atom stereocenters. The molecule has 3 rings (SSSR count). The number of hydrogen-bond donors (Lipinski definition) is 0. The molecule has 1 amide bonds. The van der Waals surface area contributed by atoms with E-state index in [0.717, 1.165) is 41.2 Å². The van der Waals surface area contributed by atoms with E-state index in [4.69, 9.17) is 14.2 Å². The number of amides is 1. The maximum atomic E-state index is 13.0. The molecule has 0 saturated heterocycles. The number of methoxy groups -OCH3 is 2. The standard InChI is InChI=1S/C21H25NO4/c1-4-26-16-9-7-15(8-10-16)12-21(23)22-11-5-6-18-19(22)13-17(24-2)14-20(18)25-3/h7-10,13-14H,4-6,11-12H2,1-3H3. The van der Waals surface area contributed by atoms with Crippen LogP contribution >= 0.6 is 0 Å². The molecule has 0 spiro atoms. The molecular weight excluding hydrogens is 330 g/mol. The lowest BCUT2D eigenvalue weighted by atomic mass is 9.99. The van der Waals surface area contributed by atoms with Crippen molar-refractivity contribution < 1.29 is 19.0 Å². The second-order valence-corrected chi connectivity index (χ2v) is 6.23. The zero-order valence-corrected chi connectivity index (χ0v) is 15.6. The summed E-state index contributed by atoms with van der Waals surface area (Å²) in [5, 5.41) is 0. The third kappa shape index (κ3) is 3.77. The topological polar surface area (TPSA) is 48.0 Å². The Bertz CT molecular complexity index is 770. The van der Waals surface area contributed by atoms with E-state index in [2.05, 4.69) is 0 Å². The quantitative estimate of drug-likeness (QED) is 0.794. The molecular formula is C21H25NO4. The van der Waals surface area contributed by atoms with Crippen molar-refractivity contribution in [1.29, 1.82) is 0 Å². The van der Waals surface area contributed by atoms with Crippen LogP contribution in [-0.2, 0) is 17.6 Å². The van der Waals surface area contributed by atoms with E-state index in [1.165, 1.54) is 0 Å². The Kier molecular flexibility index (Phi) is 5.66. The zero-order chi connectivity index (χ0) is 18.5. The van der Waals surface area contributed by atoms with Crippen molar-refractivity contribution >= 4 is 11.6 Å². The van der Waals surface area contributed by atoms with E-state index in [0.29, 0.717) is 25.3 Å². The van der Waals surface area contributed by atoms with Gasteiger partial charge in [0, 0.05) is 24.2 Å². The Morgan fingerprint density at radius 3 is 2.50 bits per heavy atom. The lowest BCUT2D eigenvalue weighted by molar-refractivity contribution is -0.118. The highest BCUT2D eigenvalue weighted by Crippen LogP contribution is 2.38. The van der Waals surface area contributed by atoms with Gasteiger partial charge in [-0.1, -0.05) is 12.1 Å². The molecule has 0 fully saturated rings. The Balaban J connectivity index is 1.83. The van der Waals surface area contributed by atoms with Gasteiger partial charge in [0.1, 0.15) is 17.2 Å². The maximum Gasteiger partial charge on any atom is 0.231 e. The number of benzene rings is 2. The first-order chi connectivity index (χ1) is 12.7. The number of ether oxygens (including phenoxy) is 3. The zero-order valence-electron chi connectivity index (χ0n) is 15.6. The van der Waals surface area contributed by atoms with Gasteiger partial charge in [-0.2, -0.15) is 0 Å². The molecule has 0 N–H and O–H groups in total. The summed E-state index contributed by atoms with van der Waals surface area (Å²) in [5.74, 6) is 2.37. The molecule has 0 unspecified atom stereocenters. The molecule has 2 aromatic carbocycles. The largest absolute Gasteiger partial charge is 0.497 e. The maximum absolute atomic E-state index is 13.0. The first-order valence-electron chi connectivity index (χ1n) is 8.93. The SMILES string of the molecule is CCOc1ccc(CC(=O)N2CCCc3c(OC)cc(OC)cc32)cc1. The van der Waals surface area contributed by atoms with E-state index in [9.17, 15) is 4.79 Å². The van der Waals surface area contributed by atoms with Crippen molar-refractivity contribution in [3.05, 3.63) is 47.5 Å². The van der Waals surface area contributed by atoms with Crippen LogP contribution in [0.25, 0.3) is 0 Å². The number of hydrogen-bond acceptors (Lipinski definition) is 4. The minimum Gasteiger partial charge on any atom is -0.497 e. The normalized spacial score (nSPS) is 13.1. The number of carbonyl (C=O) groups is 1. The molecule has 1 heterocycles. The predicted molar refractivity (Wildman–Crippen MR) is 102 cm³/mol. The van der Waals surface area contributed by atoms with Crippen LogP contribution in [0.15, 0.2) is 36.4 Å². The summed E-state index contributed by atoms with van der Waals surface area (Å²) in [6, 6.07) is 11.5. The first-order valence-corrected chi connectivity index (χ1v) is 8.93. The molecule has 1 aliphatic rings. The summed E-state index contributed by atoms with van der Waals surface area (Å²) in [5.41, 5.74) is 2.93. The number of carbonyl (C=O) groups excluding carboxylic acids is 1. The van der Waals surface area contributed by atoms with Gasteiger partial charge in [0.05, 0.1) is 32.9 Å². The van der Waals surface area contributed by atoms with Crippen molar-refractivity contribution in [2.24, 2.45) is 0 Å². The fourth-order valence-corrected chi connectivity index (χ4v) is 3.33. The third-order valence-electron chi connectivity index (χ3n) is 4.60. The molecule has 2 aromatic rings. The van der Waals surface area contributed by atoms with Crippen LogP contribution in [0.5, 0.6) is 17.2 Å². The van der Waals surface area contributed by atoms with Crippen molar-refractivity contribution in [2.45, 2.75) is 26.2 Å². The van der Waals surface area contributed by atoms with Gasteiger partial charge in [-0.05, 0) is 37.5 Å². The molecule has 0 radical (unpaired) electrons. The summed E-state index contributed by atoms with van der Waals surface area (Å²) in [6.45, 7) is 3.29. The highest BCUT2D eigenvalue weighted by molar-refractivity contribution is 5.96. The van der Waals surface area contributed by atoms with Crippen molar-refractivity contribution in [3.8, 4) is 17.2 Å². The van der Waals surface area contributed by atoms with E-state index in [1.54, 1.807) is 14.2 Å². The van der Waals surface area contributed by atoms with Crippen LogP contribution in [0.3, 0.4) is 0 Å². The Hall–Kier alpha value is -2.69. The molecule has 0 bridgehead atoms. The van der Waals surface area contributed by atoms with Crippen LogP contribution in [-0.4, -0.2) is 33.3 Å². The lowest BCUT2D eigenvalue weighted by Gasteiger charge is -2.31. The van der Waals surface area contributed by atoms with Gasteiger partial charge in [-0.25, -0.2) is 0 Å². The second kappa shape index (κ2) is 8.13. The monoisotopic (exact) mass is 355 g/mol. The van der Waals surface area contributed by atoms with Gasteiger partial charge in [0.2, 0.25) is 5.91 Å². The van der Waals surface area contributed by atoms with Gasteiger partial charge in [0.25, 0.3) is 0 Å². The molecule has 1 aliphatic heterocycles. The number of rotatable bonds is 6. The molecule has 5 heteroatoms. The Morgan fingerprint density at radius 2 is 1.85 bits per heavy atom. The molecule has 26 heavy (non-hydrogen) atoms. The molecule has 0 aliphatic carbocycles. The van der Waals surface area contributed by atoms with Crippen LogP contribution in [0.2, 0.25) is 0 Å². The summed E-state index contributed by atoms with van der Waals surface area (Å²) in [7, 11) is 3.27. The summed E-state index contributed by atoms with van der Waals surface area (Å²) in [6.07, 6.45) is 2.17. The Morgan fingerprint density at radius 1 is 1.08 bits per heavy atom. The second-order valence-electron chi connectivity index (χ2n) is 6.23. The average Bonchev–Trinajstić information content (AvgIpc) is 2.68. The van der Waals surface area contributed by atoms with Gasteiger partial charge in [-0.3, -0.25) is 4.79 Å². The minimum absolute atomic E-state index is 0.0745. The third-order valence-corrected chi connectivity index (χ3v) is 4.60. The van der Waals surface area contributed by atoms with Crippen LogP contribution < -0.4 is 19.1 Å².